The number of carbonyl (C=O) groups excluding carboxylic acids is 2. The molecule has 0 saturated carbocycles. The number of likely N-dealkylation sites (N-methyl/N-ethyl adjacent to an activating group) is 1. The van der Waals surface area contributed by atoms with Gasteiger partial charge in [-0.05, 0) is 43.8 Å². The molecule has 6 nitrogen and oxygen atoms in total. The van der Waals surface area contributed by atoms with Gasteiger partial charge in [-0.1, -0.05) is 6.07 Å². The largest absolute Gasteiger partial charge is 0.462 e. The van der Waals surface area contributed by atoms with Crippen LogP contribution in [-0.4, -0.2) is 38.8 Å². The van der Waals surface area contributed by atoms with E-state index < -0.39 is 23.7 Å². The second-order valence-electron chi connectivity index (χ2n) is 5.48. The minimum absolute atomic E-state index is 0.0262. The van der Waals surface area contributed by atoms with Crippen LogP contribution in [0.1, 0.15) is 17.3 Å². The van der Waals surface area contributed by atoms with Crippen LogP contribution >= 0.6 is 0 Å². The number of amides is 1. The Hall–Kier alpha value is -3.00. The van der Waals surface area contributed by atoms with Crippen LogP contribution in [-0.2, 0) is 4.74 Å². The van der Waals surface area contributed by atoms with Gasteiger partial charge in [0.05, 0.1) is 6.61 Å². The van der Waals surface area contributed by atoms with Crippen molar-refractivity contribution in [3.8, 4) is 16.9 Å². The van der Waals surface area contributed by atoms with E-state index in [2.05, 4.69) is 10.6 Å². The van der Waals surface area contributed by atoms with Crippen molar-refractivity contribution in [2.24, 2.45) is 0 Å². The average molecular weight is 378 g/mol. The first-order valence-electron chi connectivity index (χ1n) is 8.33. The molecule has 0 aliphatic rings. The van der Waals surface area contributed by atoms with E-state index in [0.717, 1.165) is 12.1 Å². The molecular formula is C19H20F2N2O4. The second-order valence-corrected chi connectivity index (χ2v) is 5.48. The zero-order valence-electron chi connectivity index (χ0n) is 15.0. The summed E-state index contributed by atoms with van der Waals surface area (Å²) in [5.41, 5.74) is 0.382. The third-order valence-corrected chi connectivity index (χ3v) is 3.56. The first-order chi connectivity index (χ1) is 13.0. The van der Waals surface area contributed by atoms with Gasteiger partial charge in [0.2, 0.25) is 0 Å². The second kappa shape index (κ2) is 9.63. The fraction of sp³-hybridized carbons (Fsp3) is 0.263. The summed E-state index contributed by atoms with van der Waals surface area (Å²) >= 11 is 0. The van der Waals surface area contributed by atoms with Gasteiger partial charge in [-0.15, -0.1) is 0 Å². The molecule has 2 N–H and O–H groups in total. The van der Waals surface area contributed by atoms with Crippen molar-refractivity contribution >= 4 is 12.1 Å². The van der Waals surface area contributed by atoms with Crippen LogP contribution in [0, 0.1) is 11.6 Å². The molecule has 0 bridgehead atoms. The fourth-order valence-corrected chi connectivity index (χ4v) is 2.30. The summed E-state index contributed by atoms with van der Waals surface area (Å²) in [6.45, 7) is 2.62. The zero-order valence-corrected chi connectivity index (χ0v) is 15.0. The van der Waals surface area contributed by atoms with Crippen molar-refractivity contribution in [3.05, 3.63) is 53.6 Å². The maximum atomic E-state index is 14.0. The number of nitrogens with one attached hydrogen (secondary N) is 2. The average Bonchev–Trinajstić information content (AvgIpc) is 2.62. The third-order valence-electron chi connectivity index (χ3n) is 3.56. The minimum atomic E-state index is -0.775. The highest BCUT2D eigenvalue weighted by molar-refractivity contribution is 5.95. The van der Waals surface area contributed by atoms with Crippen LogP contribution in [0.25, 0.3) is 11.1 Å². The van der Waals surface area contributed by atoms with Crippen LogP contribution in [0.15, 0.2) is 36.4 Å². The number of rotatable bonds is 7. The van der Waals surface area contributed by atoms with Gasteiger partial charge >= 0.3 is 12.1 Å². The molecule has 0 fully saturated rings. The van der Waals surface area contributed by atoms with E-state index in [-0.39, 0.29) is 23.5 Å². The minimum Gasteiger partial charge on any atom is -0.462 e. The summed E-state index contributed by atoms with van der Waals surface area (Å²) in [7, 11) is 1.74. The van der Waals surface area contributed by atoms with E-state index in [4.69, 9.17) is 9.47 Å². The first-order valence-corrected chi connectivity index (χ1v) is 8.33. The summed E-state index contributed by atoms with van der Waals surface area (Å²) in [5, 5.41) is 5.38. The number of hydrogen-bond acceptors (Lipinski definition) is 5. The van der Waals surface area contributed by atoms with Crippen molar-refractivity contribution in [1.82, 2.24) is 10.6 Å². The van der Waals surface area contributed by atoms with E-state index in [1.807, 2.05) is 0 Å². The van der Waals surface area contributed by atoms with Crippen LogP contribution < -0.4 is 15.4 Å². The highest BCUT2D eigenvalue weighted by Gasteiger charge is 2.19. The van der Waals surface area contributed by atoms with Gasteiger partial charge in [-0.2, -0.15) is 0 Å². The van der Waals surface area contributed by atoms with Crippen molar-refractivity contribution in [3.63, 3.8) is 0 Å². The Bertz CT molecular complexity index is 827. The van der Waals surface area contributed by atoms with Gasteiger partial charge in [0.1, 0.15) is 22.9 Å². The lowest BCUT2D eigenvalue weighted by Gasteiger charge is -2.12. The predicted molar refractivity (Wildman–Crippen MR) is 95.7 cm³/mol. The van der Waals surface area contributed by atoms with Gasteiger partial charge < -0.3 is 20.1 Å². The topological polar surface area (TPSA) is 76.7 Å². The molecule has 0 radical (unpaired) electrons. The first kappa shape index (κ1) is 20.3. The van der Waals surface area contributed by atoms with E-state index >= 15 is 0 Å². The lowest BCUT2D eigenvalue weighted by atomic mass is 10.0. The van der Waals surface area contributed by atoms with Crippen LogP contribution in [0.3, 0.4) is 0 Å². The maximum Gasteiger partial charge on any atom is 0.412 e. The molecule has 2 aromatic carbocycles. The Balaban J connectivity index is 2.34. The molecule has 27 heavy (non-hydrogen) atoms. The lowest BCUT2D eigenvalue weighted by molar-refractivity contribution is 0.0523. The van der Waals surface area contributed by atoms with Gasteiger partial charge in [-0.25, -0.2) is 18.4 Å². The molecule has 0 atom stereocenters. The van der Waals surface area contributed by atoms with Crippen molar-refractivity contribution in [1.29, 1.82) is 0 Å². The Labute approximate surface area is 155 Å². The molecule has 144 valence electrons. The van der Waals surface area contributed by atoms with Crippen molar-refractivity contribution < 1.29 is 27.8 Å². The van der Waals surface area contributed by atoms with Gasteiger partial charge in [0.15, 0.2) is 0 Å². The number of esters is 1. The number of ether oxygens (including phenoxy) is 2. The molecule has 2 rings (SSSR count). The quantitative estimate of drug-likeness (QED) is 0.572. The molecule has 2 aromatic rings. The van der Waals surface area contributed by atoms with Crippen LogP contribution in [0.4, 0.5) is 13.6 Å². The van der Waals surface area contributed by atoms with E-state index in [0.29, 0.717) is 18.7 Å². The molecular weight excluding hydrogens is 358 g/mol. The highest BCUT2D eigenvalue weighted by Crippen LogP contribution is 2.29. The van der Waals surface area contributed by atoms with Crippen molar-refractivity contribution in [2.45, 2.75) is 6.92 Å². The van der Waals surface area contributed by atoms with Gasteiger partial charge in [0.25, 0.3) is 0 Å². The maximum absolute atomic E-state index is 14.0. The molecule has 1 amide bonds. The molecule has 0 saturated heterocycles. The predicted octanol–water partition coefficient (Wildman–Crippen LogP) is 3.12. The number of benzene rings is 2. The Morgan fingerprint density at radius 2 is 1.85 bits per heavy atom. The Morgan fingerprint density at radius 3 is 2.52 bits per heavy atom. The monoisotopic (exact) mass is 378 g/mol. The smallest absolute Gasteiger partial charge is 0.412 e. The van der Waals surface area contributed by atoms with E-state index in [1.165, 1.54) is 24.3 Å². The standard InChI is InChI=1S/C19H20F2N2O4/c1-3-26-18(24)15-10-12(14-6-5-13(20)11-16(14)21)4-7-17(15)27-19(25)23-9-8-22-2/h4-7,10-11,22H,3,8-9H2,1-2H3,(H,23,25). The van der Waals surface area contributed by atoms with Gasteiger partial charge in [0, 0.05) is 24.7 Å². The SMILES string of the molecule is CCOC(=O)c1cc(-c2ccc(F)cc2F)ccc1OC(=O)NCCNC. The molecule has 0 unspecified atom stereocenters. The summed E-state index contributed by atoms with van der Waals surface area (Å²) in [5.74, 6) is -2.23. The summed E-state index contributed by atoms with van der Waals surface area (Å²) in [6, 6.07) is 7.29. The number of halogens is 2. The summed E-state index contributed by atoms with van der Waals surface area (Å²) < 4.78 is 37.3. The molecule has 0 spiro atoms. The van der Waals surface area contributed by atoms with Gasteiger partial charge in [-0.3, -0.25) is 0 Å². The number of carbonyl (C=O) groups is 2. The zero-order chi connectivity index (χ0) is 19.8. The van der Waals surface area contributed by atoms with Crippen LogP contribution in [0.5, 0.6) is 5.75 Å². The summed E-state index contributed by atoms with van der Waals surface area (Å²) in [6.07, 6.45) is -0.739. The normalized spacial score (nSPS) is 10.4. The van der Waals surface area contributed by atoms with E-state index in [9.17, 15) is 18.4 Å². The third kappa shape index (κ3) is 5.49. The molecule has 0 heterocycles. The molecule has 0 aliphatic heterocycles. The Kier molecular flexibility index (Phi) is 7.25. The van der Waals surface area contributed by atoms with Crippen LogP contribution in [0.2, 0.25) is 0 Å². The van der Waals surface area contributed by atoms with E-state index in [1.54, 1.807) is 14.0 Å². The lowest BCUT2D eigenvalue weighted by Crippen LogP contribution is -2.32. The fourth-order valence-electron chi connectivity index (χ4n) is 2.30. The van der Waals surface area contributed by atoms with Crippen molar-refractivity contribution in [2.75, 3.05) is 26.7 Å². The number of hydrogen-bond donors (Lipinski definition) is 2. The Morgan fingerprint density at radius 1 is 1.07 bits per heavy atom. The molecule has 0 aromatic heterocycles. The summed E-state index contributed by atoms with van der Waals surface area (Å²) in [4.78, 5) is 24.1. The highest BCUT2D eigenvalue weighted by atomic mass is 19.1. The molecule has 8 heteroatoms. The molecule has 0 aliphatic carbocycles.